The summed E-state index contributed by atoms with van der Waals surface area (Å²) >= 11 is 0. The molecule has 3 rings (SSSR count). The number of halogens is 1. The summed E-state index contributed by atoms with van der Waals surface area (Å²) in [6, 6.07) is 6.38. The number of ether oxygens (including phenoxy) is 2. The van der Waals surface area contributed by atoms with Gasteiger partial charge in [-0.05, 0) is 57.5 Å². The number of aryl methyl sites for hydroxylation is 1. The van der Waals surface area contributed by atoms with Gasteiger partial charge in [-0.2, -0.15) is 0 Å². The molecule has 1 aromatic rings. The minimum atomic E-state index is 0. The second kappa shape index (κ2) is 11.8. The number of nitrogens with zero attached hydrogens (tertiary/aromatic N) is 2. The SMILES string of the molecule is CN=C(NCc1ccc(C)cc1OC1CCOC1)NCC1CCN(C)CC1.I. The molecule has 0 saturated carbocycles. The first-order valence-electron chi connectivity index (χ1n) is 10.1. The molecule has 2 fully saturated rings. The summed E-state index contributed by atoms with van der Waals surface area (Å²) in [5.74, 6) is 2.52. The molecule has 158 valence electrons. The number of guanidine groups is 1. The molecule has 0 radical (unpaired) electrons. The van der Waals surface area contributed by atoms with Crippen molar-refractivity contribution in [2.75, 3.05) is 46.9 Å². The van der Waals surface area contributed by atoms with Crippen molar-refractivity contribution in [1.29, 1.82) is 0 Å². The molecule has 2 aliphatic heterocycles. The Hall–Kier alpha value is -1.06. The number of nitrogens with one attached hydrogen (secondary N) is 2. The van der Waals surface area contributed by atoms with Crippen LogP contribution in [-0.4, -0.2) is 63.9 Å². The lowest BCUT2D eigenvalue weighted by atomic mass is 9.97. The first kappa shape index (κ1) is 23.2. The monoisotopic (exact) mass is 502 g/mol. The maximum atomic E-state index is 6.19. The highest BCUT2D eigenvalue weighted by molar-refractivity contribution is 14.0. The number of hydrogen-bond acceptors (Lipinski definition) is 4. The highest BCUT2D eigenvalue weighted by Gasteiger charge is 2.19. The quantitative estimate of drug-likeness (QED) is 0.356. The Kier molecular flexibility index (Phi) is 9.81. The standard InChI is InChI=1S/C21H34N4O2.HI/c1-16-4-5-18(20(12-16)27-19-8-11-26-15-19)14-24-21(22-2)23-13-17-6-9-25(3)10-7-17;/h4-5,12,17,19H,6-11,13-15H2,1-3H3,(H2,22,23,24);1H. The Morgan fingerprint density at radius 2 is 2.04 bits per heavy atom. The van der Waals surface area contributed by atoms with Gasteiger partial charge in [0.15, 0.2) is 5.96 Å². The predicted octanol–water partition coefficient (Wildman–Crippen LogP) is 2.79. The van der Waals surface area contributed by atoms with E-state index in [9.17, 15) is 0 Å². The number of piperidine rings is 1. The number of aliphatic imine (C=N–C) groups is 1. The molecule has 1 unspecified atom stereocenters. The summed E-state index contributed by atoms with van der Waals surface area (Å²) in [6.45, 7) is 7.61. The van der Waals surface area contributed by atoms with Crippen LogP contribution in [0.2, 0.25) is 0 Å². The average Bonchev–Trinajstić information content (AvgIpc) is 3.18. The van der Waals surface area contributed by atoms with Gasteiger partial charge in [0.2, 0.25) is 0 Å². The highest BCUT2D eigenvalue weighted by Crippen LogP contribution is 2.23. The predicted molar refractivity (Wildman–Crippen MR) is 125 cm³/mol. The highest BCUT2D eigenvalue weighted by atomic mass is 127. The van der Waals surface area contributed by atoms with E-state index in [2.05, 4.69) is 52.7 Å². The van der Waals surface area contributed by atoms with E-state index in [4.69, 9.17) is 9.47 Å². The Morgan fingerprint density at radius 1 is 1.25 bits per heavy atom. The van der Waals surface area contributed by atoms with Gasteiger partial charge in [-0.15, -0.1) is 24.0 Å². The third-order valence-electron chi connectivity index (χ3n) is 5.47. The van der Waals surface area contributed by atoms with Crippen LogP contribution >= 0.6 is 24.0 Å². The zero-order valence-electron chi connectivity index (χ0n) is 17.4. The van der Waals surface area contributed by atoms with E-state index >= 15 is 0 Å². The van der Waals surface area contributed by atoms with E-state index in [0.717, 1.165) is 42.8 Å². The largest absolute Gasteiger partial charge is 0.488 e. The summed E-state index contributed by atoms with van der Waals surface area (Å²) < 4.78 is 11.6. The summed E-state index contributed by atoms with van der Waals surface area (Å²) in [6.07, 6.45) is 3.62. The van der Waals surface area contributed by atoms with Crippen LogP contribution in [0, 0.1) is 12.8 Å². The lowest BCUT2D eigenvalue weighted by Gasteiger charge is -2.29. The Bertz CT molecular complexity index is 627. The van der Waals surface area contributed by atoms with Gasteiger partial charge in [0.1, 0.15) is 11.9 Å². The third kappa shape index (κ3) is 7.08. The van der Waals surface area contributed by atoms with Crippen LogP contribution in [0.4, 0.5) is 0 Å². The molecule has 7 heteroatoms. The molecular formula is C21H35IN4O2. The Morgan fingerprint density at radius 3 is 2.71 bits per heavy atom. The lowest BCUT2D eigenvalue weighted by Crippen LogP contribution is -2.42. The van der Waals surface area contributed by atoms with Crippen molar-refractivity contribution in [3.05, 3.63) is 29.3 Å². The zero-order valence-corrected chi connectivity index (χ0v) is 19.7. The normalized spacial score (nSPS) is 21.2. The molecule has 2 saturated heterocycles. The van der Waals surface area contributed by atoms with E-state index in [1.165, 1.54) is 31.5 Å². The fourth-order valence-electron chi connectivity index (χ4n) is 3.61. The van der Waals surface area contributed by atoms with Gasteiger partial charge in [-0.25, -0.2) is 0 Å². The average molecular weight is 502 g/mol. The number of likely N-dealkylation sites (tertiary alicyclic amines) is 1. The Labute approximate surface area is 186 Å². The first-order chi connectivity index (χ1) is 13.1. The smallest absolute Gasteiger partial charge is 0.191 e. The van der Waals surface area contributed by atoms with Crippen LogP contribution in [0.15, 0.2) is 23.2 Å². The Balaban J connectivity index is 0.00000280. The van der Waals surface area contributed by atoms with Crippen molar-refractivity contribution in [2.45, 2.75) is 38.8 Å². The van der Waals surface area contributed by atoms with Gasteiger partial charge in [0.25, 0.3) is 0 Å². The van der Waals surface area contributed by atoms with Gasteiger partial charge in [-0.1, -0.05) is 12.1 Å². The van der Waals surface area contributed by atoms with Crippen LogP contribution in [-0.2, 0) is 11.3 Å². The van der Waals surface area contributed by atoms with Crippen LogP contribution < -0.4 is 15.4 Å². The van der Waals surface area contributed by atoms with E-state index < -0.39 is 0 Å². The van der Waals surface area contributed by atoms with E-state index in [1.807, 2.05) is 7.05 Å². The van der Waals surface area contributed by atoms with Gasteiger partial charge in [0.05, 0.1) is 13.2 Å². The van der Waals surface area contributed by atoms with Gasteiger partial charge in [0, 0.05) is 32.1 Å². The minimum absolute atomic E-state index is 0. The lowest BCUT2D eigenvalue weighted by molar-refractivity contribution is 0.140. The van der Waals surface area contributed by atoms with Crippen molar-refractivity contribution in [2.24, 2.45) is 10.9 Å². The summed E-state index contributed by atoms with van der Waals surface area (Å²) in [5, 5.41) is 6.92. The van der Waals surface area contributed by atoms with Crippen LogP contribution in [0.5, 0.6) is 5.75 Å². The maximum absolute atomic E-state index is 6.19. The third-order valence-corrected chi connectivity index (χ3v) is 5.47. The second-order valence-corrected chi connectivity index (χ2v) is 7.77. The molecule has 1 aromatic carbocycles. The molecule has 0 amide bonds. The minimum Gasteiger partial charge on any atom is -0.488 e. The maximum Gasteiger partial charge on any atom is 0.191 e. The van der Waals surface area contributed by atoms with Crippen LogP contribution in [0.25, 0.3) is 0 Å². The molecule has 2 heterocycles. The van der Waals surface area contributed by atoms with E-state index in [1.54, 1.807) is 0 Å². The summed E-state index contributed by atoms with van der Waals surface area (Å²) in [4.78, 5) is 6.78. The number of hydrogen-bond donors (Lipinski definition) is 2. The van der Waals surface area contributed by atoms with Gasteiger partial charge in [-0.3, -0.25) is 4.99 Å². The molecule has 1 atom stereocenters. The molecule has 6 nitrogen and oxygen atoms in total. The van der Waals surface area contributed by atoms with Gasteiger partial charge < -0.3 is 25.0 Å². The summed E-state index contributed by atoms with van der Waals surface area (Å²) in [7, 11) is 4.02. The van der Waals surface area contributed by atoms with Crippen molar-refractivity contribution in [3.8, 4) is 5.75 Å². The summed E-state index contributed by atoms with van der Waals surface area (Å²) in [5.41, 5.74) is 2.35. The van der Waals surface area contributed by atoms with Crippen LogP contribution in [0.1, 0.15) is 30.4 Å². The number of rotatable bonds is 6. The molecule has 0 aliphatic carbocycles. The fourth-order valence-corrected chi connectivity index (χ4v) is 3.61. The molecule has 0 aromatic heterocycles. The zero-order chi connectivity index (χ0) is 19.1. The molecule has 0 spiro atoms. The van der Waals surface area contributed by atoms with Crippen LogP contribution in [0.3, 0.4) is 0 Å². The molecular weight excluding hydrogens is 467 g/mol. The second-order valence-electron chi connectivity index (χ2n) is 7.77. The molecule has 2 aliphatic rings. The van der Waals surface area contributed by atoms with Crippen molar-refractivity contribution >= 4 is 29.9 Å². The van der Waals surface area contributed by atoms with E-state index in [0.29, 0.717) is 13.2 Å². The van der Waals surface area contributed by atoms with Crippen molar-refractivity contribution in [1.82, 2.24) is 15.5 Å². The first-order valence-corrected chi connectivity index (χ1v) is 10.1. The van der Waals surface area contributed by atoms with Crippen molar-refractivity contribution in [3.63, 3.8) is 0 Å². The number of benzene rings is 1. The van der Waals surface area contributed by atoms with Gasteiger partial charge >= 0.3 is 0 Å². The molecule has 0 bridgehead atoms. The molecule has 2 N–H and O–H groups in total. The molecule has 28 heavy (non-hydrogen) atoms. The fraction of sp³-hybridized carbons (Fsp3) is 0.667. The van der Waals surface area contributed by atoms with Crippen molar-refractivity contribution < 1.29 is 9.47 Å². The van der Waals surface area contributed by atoms with E-state index in [-0.39, 0.29) is 30.1 Å². The topological polar surface area (TPSA) is 58.1 Å².